The van der Waals surface area contributed by atoms with Gasteiger partial charge in [-0.3, -0.25) is 14.4 Å². The molecule has 0 rings (SSSR count). The highest BCUT2D eigenvalue weighted by Crippen LogP contribution is 2.15. The van der Waals surface area contributed by atoms with Gasteiger partial charge in [-0.05, 0) is 141 Å². The van der Waals surface area contributed by atoms with Gasteiger partial charge in [0.2, 0.25) is 0 Å². The predicted octanol–water partition coefficient (Wildman–Crippen LogP) is 22.9. The summed E-state index contributed by atoms with van der Waals surface area (Å²) in [5.74, 6) is -0.946. The molecule has 0 radical (unpaired) electrons. The van der Waals surface area contributed by atoms with Crippen LogP contribution < -0.4 is 0 Å². The molecule has 0 amide bonds. The summed E-state index contributed by atoms with van der Waals surface area (Å²) in [5, 5.41) is 0. The van der Waals surface area contributed by atoms with Crippen molar-refractivity contribution >= 4 is 17.9 Å². The summed E-state index contributed by atoms with van der Waals surface area (Å²) >= 11 is 0. The van der Waals surface area contributed by atoms with E-state index in [-0.39, 0.29) is 31.1 Å². The molecule has 0 aromatic carbocycles. The first-order valence-electron chi connectivity index (χ1n) is 33.2. The largest absolute Gasteiger partial charge is 0.462 e. The van der Waals surface area contributed by atoms with Gasteiger partial charge in [-0.1, -0.05) is 270 Å². The Balaban J connectivity index is 4.50. The van der Waals surface area contributed by atoms with E-state index in [2.05, 4.69) is 154 Å². The van der Waals surface area contributed by atoms with Crippen LogP contribution in [0.4, 0.5) is 0 Å². The molecule has 80 heavy (non-hydrogen) atoms. The summed E-state index contributed by atoms with van der Waals surface area (Å²) in [4.78, 5) is 38.4. The molecule has 0 aliphatic heterocycles. The second-order valence-corrected chi connectivity index (χ2v) is 21.6. The average molecular weight is 1110 g/mol. The van der Waals surface area contributed by atoms with Gasteiger partial charge in [-0.15, -0.1) is 0 Å². The molecule has 0 aliphatic carbocycles. The summed E-state index contributed by atoms with van der Waals surface area (Å²) in [7, 11) is 0. The summed E-state index contributed by atoms with van der Waals surface area (Å²) in [5.41, 5.74) is 0. The van der Waals surface area contributed by atoms with Crippen LogP contribution in [0, 0.1) is 0 Å². The van der Waals surface area contributed by atoms with Crippen LogP contribution in [0.1, 0.15) is 297 Å². The molecule has 6 heteroatoms. The molecule has 0 fully saturated rings. The van der Waals surface area contributed by atoms with E-state index >= 15 is 0 Å². The summed E-state index contributed by atoms with van der Waals surface area (Å²) in [6.07, 6.45) is 94.5. The zero-order chi connectivity index (χ0) is 57.8. The summed E-state index contributed by atoms with van der Waals surface area (Å²) in [6.45, 7) is 6.47. The molecule has 454 valence electrons. The SMILES string of the molecule is CC/C=C\C/C=C\C/C=C\C/C=C\C/C=C\C/C=C\C/C=C\CCCCCC(=O)OCC(COC(=O)CCCCCCCCC/C=C\CCCCCCCCC)OC(=O)CCCCCCCC/C=C\C/C=C\C/C=C\CCCCC. The van der Waals surface area contributed by atoms with Crippen molar-refractivity contribution in [3.05, 3.63) is 134 Å². The van der Waals surface area contributed by atoms with Crippen LogP contribution in [0.25, 0.3) is 0 Å². The zero-order valence-corrected chi connectivity index (χ0v) is 52.0. The second kappa shape index (κ2) is 67.1. The lowest BCUT2D eigenvalue weighted by atomic mass is 10.1. The first kappa shape index (κ1) is 75.5. The highest BCUT2D eigenvalue weighted by atomic mass is 16.6. The molecule has 0 aromatic rings. The van der Waals surface area contributed by atoms with Gasteiger partial charge in [0.25, 0.3) is 0 Å². The lowest BCUT2D eigenvalue weighted by Crippen LogP contribution is -2.30. The van der Waals surface area contributed by atoms with Crippen LogP contribution >= 0.6 is 0 Å². The lowest BCUT2D eigenvalue weighted by molar-refractivity contribution is -0.167. The molecule has 0 saturated heterocycles. The van der Waals surface area contributed by atoms with Crippen molar-refractivity contribution in [1.29, 1.82) is 0 Å². The summed E-state index contributed by atoms with van der Waals surface area (Å²) in [6, 6.07) is 0. The van der Waals surface area contributed by atoms with Crippen molar-refractivity contribution in [2.75, 3.05) is 13.2 Å². The van der Waals surface area contributed by atoms with Crippen LogP contribution in [-0.2, 0) is 28.6 Å². The molecule has 0 heterocycles. The number of carbonyl (C=O) groups is 3. The minimum atomic E-state index is -0.808. The Kier molecular flexibility index (Phi) is 63.3. The fourth-order valence-corrected chi connectivity index (χ4v) is 8.89. The Bertz CT molecular complexity index is 1700. The number of ether oxygens (including phenoxy) is 3. The van der Waals surface area contributed by atoms with Gasteiger partial charge in [0, 0.05) is 19.3 Å². The van der Waals surface area contributed by atoms with Crippen molar-refractivity contribution in [3.63, 3.8) is 0 Å². The normalized spacial score (nSPS) is 13.0. The quantitative estimate of drug-likeness (QED) is 0.0261. The Labute approximate surface area is 494 Å². The van der Waals surface area contributed by atoms with E-state index < -0.39 is 6.10 Å². The lowest BCUT2D eigenvalue weighted by Gasteiger charge is -2.18. The first-order chi connectivity index (χ1) is 39.5. The van der Waals surface area contributed by atoms with E-state index in [0.29, 0.717) is 19.3 Å². The van der Waals surface area contributed by atoms with Crippen molar-refractivity contribution in [1.82, 2.24) is 0 Å². The number of rotatable bonds is 59. The smallest absolute Gasteiger partial charge is 0.306 e. The Morgan fingerprint density at radius 2 is 0.487 bits per heavy atom. The molecule has 6 nitrogen and oxygen atoms in total. The maximum atomic E-state index is 12.9. The Hall–Kier alpha value is -4.45. The molecule has 0 spiro atoms. The molecular weight excluding hydrogens is 985 g/mol. The minimum absolute atomic E-state index is 0.0997. The fourth-order valence-electron chi connectivity index (χ4n) is 8.89. The fraction of sp³-hybridized carbons (Fsp3) is 0.662. The zero-order valence-electron chi connectivity index (χ0n) is 52.0. The number of hydrogen-bond donors (Lipinski definition) is 0. The van der Waals surface area contributed by atoms with Crippen LogP contribution in [0.3, 0.4) is 0 Å². The van der Waals surface area contributed by atoms with E-state index in [9.17, 15) is 14.4 Å². The molecular formula is C74H122O6. The molecule has 0 N–H and O–H groups in total. The molecule has 0 saturated carbocycles. The van der Waals surface area contributed by atoms with E-state index in [4.69, 9.17) is 14.2 Å². The van der Waals surface area contributed by atoms with Gasteiger partial charge in [-0.25, -0.2) is 0 Å². The monoisotopic (exact) mass is 1110 g/mol. The van der Waals surface area contributed by atoms with Gasteiger partial charge in [0.05, 0.1) is 0 Å². The van der Waals surface area contributed by atoms with Crippen molar-refractivity contribution in [3.8, 4) is 0 Å². The molecule has 1 atom stereocenters. The van der Waals surface area contributed by atoms with Gasteiger partial charge in [0.15, 0.2) is 6.10 Å². The van der Waals surface area contributed by atoms with Gasteiger partial charge in [-0.2, -0.15) is 0 Å². The number of esters is 3. The molecule has 0 aliphatic rings. The van der Waals surface area contributed by atoms with Gasteiger partial charge in [0.1, 0.15) is 13.2 Å². The van der Waals surface area contributed by atoms with E-state index in [1.165, 1.54) is 122 Å². The van der Waals surface area contributed by atoms with Crippen molar-refractivity contribution in [2.24, 2.45) is 0 Å². The maximum absolute atomic E-state index is 12.9. The van der Waals surface area contributed by atoms with Gasteiger partial charge < -0.3 is 14.2 Å². The van der Waals surface area contributed by atoms with Gasteiger partial charge >= 0.3 is 17.9 Å². The van der Waals surface area contributed by atoms with Crippen LogP contribution in [-0.4, -0.2) is 37.2 Å². The molecule has 0 bridgehead atoms. The summed E-state index contributed by atoms with van der Waals surface area (Å²) < 4.78 is 16.9. The Morgan fingerprint density at radius 3 is 0.812 bits per heavy atom. The highest BCUT2D eigenvalue weighted by molar-refractivity contribution is 5.71. The average Bonchev–Trinajstić information content (AvgIpc) is 3.46. The number of carbonyl (C=O) groups excluding carboxylic acids is 3. The van der Waals surface area contributed by atoms with Crippen LogP contribution in [0.15, 0.2) is 134 Å². The standard InChI is InChI=1S/C74H122O6/c1-4-7-10-13-16-19-22-25-28-31-34-35-36-37-38-39-41-43-46-49-52-55-58-61-64-67-73(76)79-70-71(69-78-72(75)66-63-60-57-54-51-48-45-42-33-30-27-24-21-18-15-12-9-6-3)80-74(77)68-65-62-59-56-53-50-47-44-40-32-29-26-23-20-17-14-11-8-5-2/h7,10,16-17,19-20,25-26,28-30,33-35,37-38,40-41,43-44,49,52,71H,4-6,8-9,11-15,18,21-24,27,31-32,36,39,42,45-48,50-51,53-70H2,1-3H3/b10-7-,19-16-,20-17-,28-25-,29-26-,33-30-,35-34-,38-37-,43-41-,44-40-,52-49-. The number of hydrogen-bond acceptors (Lipinski definition) is 6. The minimum Gasteiger partial charge on any atom is -0.462 e. The number of unbranched alkanes of at least 4 members (excludes halogenated alkanes) is 26. The third-order valence-corrected chi connectivity index (χ3v) is 13.9. The van der Waals surface area contributed by atoms with Crippen molar-refractivity contribution in [2.45, 2.75) is 303 Å². The maximum Gasteiger partial charge on any atom is 0.306 e. The van der Waals surface area contributed by atoms with Crippen LogP contribution in [0.5, 0.6) is 0 Å². The molecule has 0 aromatic heterocycles. The highest BCUT2D eigenvalue weighted by Gasteiger charge is 2.19. The van der Waals surface area contributed by atoms with Crippen molar-refractivity contribution < 1.29 is 28.6 Å². The Morgan fingerprint density at radius 1 is 0.263 bits per heavy atom. The van der Waals surface area contributed by atoms with Crippen LogP contribution in [0.2, 0.25) is 0 Å². The molecule has 1 unspecified atom stereocenters. The number of allylic oxidation sites excluding steroid dienone is 22. The van der Waals surface area contributed by atoms with E-state index in [1.807, 2.05) is 0 Å². The second-order valence-electron chi connectivity index (χ2n) is 21.6. The topological polar surface area (TPSA) is 78.9 Å². The third-order valence-electron chi connectivity index (χ3n) is 13.9. The third kappa shape index (κ3) is 64.4. The van der Waals surface area contributed by atoms with E-state index in [1.54, 1.807) is 0 Å². The predicted molar refractivity (Wildman–Crippen MR) is 348 cm³/mol. The van der Waals surface area contributed by atoms with E-state index in [0.717, 1.165) is 135 Å². The first-order valence-corrected chi connectivity index (χ1v) is 33.2.